The number of carbonyl (C=O) groups excluding carboxylic acids is 2. The average Bonchev–Trinajstić information content (AvgIpc) is 3.38. The number of urea groups is 1. The molecule has 1 aromatic heterocycles. The molecule has 0 spiro atoms. The fraction of sp³-hybridized carbons (Fsp3) is 0.353. The van der Waals surface area contributed by atoms with Gasteiger partial charge < -0.3 is 5.11 Å². The van der Waals surface area contributed by atoms with Gasteiger partial charge in [0.25, 0.3) is 0 Å². The second-order valence-electron chi connectivity index (χ2n) is 6.21. The Morgan fingerprint density at radius 2 is 2.04 bits per heavy atom. The smallest absolute Gasteiger partial charge is 0.331 e. The third-order valence-electron chi connectivity index (χ3n) is 4.55. The fourth-order valence-electron chi connectivity index (χ4n) is 3.03. The second-order valence-corrected chi connectivity index (χ2v) is 6.21. The lowest BCUT2D eigenvalue weighted by Gasteiger charge is -2.18. The summed E-state index contributed by atoms with van der Waals surface area (Å²) in [7, 11) is 1.47. The van der Waals surface area contributed by atoms with Crippen molar-refractivity contribution < 1.29 is 14.7 Å². The molecule has 2 aromatic rings. The number of imide groups is 1. The van der Waals surface area contributed by atoms with Crippen molar-refractivity contribution in [1.82, 2.24) is 9.88 Å². The highest BCUT2D eigenvalue weighted by molar-refractivity contribution is 6.14. The maximum Gasteiger partial charge on any atom is 0.331 e. The molecule has 0 radical (unpaired) electrons. The summed E-state index contributed by atoms with van der Waals surface area (Å²) in [6.45, 7) is -0.117. The molecule has 3 amide bonds. The largest absolute Gasteiger partial charge is 0.392 e. The van der Waals surface area contributed by atoms with Crippen molar-refractivity contribution in [2.45, 2.75) is 25.4 Å². The molecular weight excluding hydrogens is 294 g/mol. The molecule has 1 aliphatic heterocycles. The Labute approximate surface area is 133 Å². The lowest BCUT2D eigenvalue weighted by molar-refractivity contribution is -0.123. The van der Waals surface area contributed by atoms with Gasteiger partial charge in [-0.3, -0.25) is 19.6 Å². The number of benzene rings is 1. The first-order valence-electron chi connectivity index (χ1n) is 7.70. The van der Waals surface area contributed by atoms with Gasteiger partial charge in [-0.25, -0.2) is 4.79 Å². The van der Waals surface area contributed by atoms with Crippen molar-refractivity contribution in [1.29, 1.82) is 0 Å². The Morgan fingerprint density at radius 1 is 1.26 bits per heavy atom. The summed E-state index contributed by atoms with van der Waals surface area (Å²) in [4.78, 5) is 31.2. The summed E-state index contributed by atoms with van der Waals surface area (Å²) in [5.41, 5.74) is 3.16. The summed E-state index contributed by atoms with van der Waals surface area (Å²) in [6, 6.07) is 5.34. The number of anilines is 1. The van der Waals surface area contributed by atoms with Crippen molar-refractivity contribution in [2.75, 3.05) is 18.5 Å². The summed E-state index contributed by atoms with van der Waals surface area (Å²) < 4.78 is 0. The van der Waals surface area contributed by atoms with E-state index in [1.54, 1.807) is 6.07 Å². The summed E-state index contributed by atoms with van der Waals surface area (Å²) >= 11 is 0. The average molecular weight is 311 g/mol. The molecule has 4 rings (SSSR count). The van der Waals surface area contributed by atoms with Crippen molar-refractivity contribution in [3.05, 3.63) is 35.5 Å². The maximum atomic E-state index is 12.3. The van der Waals surface area contributed by atoms with Crippen LogP contribution in [0.5, 0.6) is 0 Å². The zero-order valence-electron chi connectivity index (χ0n) is 12.8. The number of aromatic nitrogens is 1. The van der Waals surface area contributed by atoms with E-state index in [0.29, 0.717) is 22.7 Å². The monoisotopic (exact) mass is 311 g/mol. The zero-order chi connectivity index (χ0) is 16.1. The van der Waals surface area contributed by atoms with Crippen LogP contribution in [0.3, 0.4) is 0 Å². The van der Waals surface area contributed by atoms with Crippen molar-refractivity contribution in [2.24, 2.45) is 0 Å². The summed E-state index contributed by atoms with van der Waals surface area (Å²) in [5, 5.41) is 10.4. The van der Waals surface area contributed by atoms with Crippen LogP contribution in [0.15, 0.2) is 24.4 Å². The first kappa shape index (κ1) is 14.1. The molecule has 2 aliphatic rings. The van der Waals surface area contributed by atoms with Gasteiger partial charge in [-0.1, -0.05) is 0 Å². The number of hydrogen-bond acceptors (Lipinski definition) is 4. The van der Waals surface area contributed by atoms with E-state index < -0.39 is 0 Å². The van der Waals surface area contributed by atoms with Crippen LogP contribution >= 0.6 is 0 Å². The zero-order valence-corrected chi connectivity index (χ0v) is 12.8. The van der Waals surface area contributed by atoms with Crippen LogP contribution in [0.2, 0.25) is 0 Å². The first-order chi connectivity index (χ1) is 11.1. The van der Waals surface area contributed by atoms with E-state index in [4.69, 9.17) is 0 Å². The van der Waals surface area contributed by atoms with Crippen LogP contribution in [-0.2, 0) is 11.4 Å². The lowest BCUT2D eigenvalue weighted by Crippen LogP contribution is -2.30. The van der Waals surface area contributed by atoms with E-state index in [9.17, 15) is 14.7 Å². The number of nitrogens with zero attached hydrogens (tertiary/aromatic N) is 3. The quantitative estimate of drug-likeness (QED) is 0.880. The van der Waals surface area contributed by atoms with Gasteiger partial charge >= 0.3 is 6.03 Å². The van der Waals surface area contributed by atoms with Crippen LogP contribution in [0.4, 0.5) is 10.5 Å². The topological polar surface area (TPSA) is 73.7 Å². The Hall–Kier alpha value is -2.47. The molecule has 118 valence electrons. The standard InChI is InChI=1S/C17H17N3O3/c1-19-15(22)8-20(17(19)23)14-5-10(9-21)4-12-6-13(11-2-3-11)7-18-16(12)14/h4-7,11,21H,2-3,8-9H2,1H3. The predicted octanol–water partition coefficient (Wildman–Crippen LogP) is 2.00. The molecule has 0 atom stereocenters. The normalized spacial score (nSPS) is 18.3. The van der Waals surface area contributed by atoms with Crippen LogP contribution in [0, 0.1) is 0 Å². The summed E-state index contributed by atoms with van der Waals surface area (Å²) in [5.74, 6) is 0.335. The molecule has 2 fully saturated rings. The number of hydrogen-bond donors (Lipinski definition) is 1. The minimum Gasteiger partial charge on any atom is -0.392 e. The molecule has 0 unspecified atom stereocenters. The molecule has 0 bridgehead atoms. The van der Waals surface area contributed by atoms with E-state index in [1.807, 2.05) is 12.3 Å². The predicted molar refractivity (Wildman–Crippen MR) is 85.2 cm³/mol. The van der Waals surface area contributed by atoms with Gasteiger partial charge in [-0.15, -0.1) is 0 Å². The highest BCUT2D eigenvalue weighted by atomic mass is 16.3. The van der Waals surface area contributed by atoms with Crippen molar-refractivity contribution >= 4 is 28.5 Å². The molecular formula is C17H17N3O3. The van der Waals surface area contributed by atoms with Crippen LogP contribution < -0.4 is 4.90 Å². The number of rotatable bonds is 3. The number of likely N-dealkylation sites (N-methyl/N-ethyl adjacent to an activating group) is 1. The number of carbonyl (C=O) groups is 2. The van der Waals surface area contributed by atoms with Crippen LogP contribution in [-0.4, -0.2) is 40.5 Å². The number of amides is 3. The molecule has 1 saturated carbocycles. The molecule has 1 saturated heterocycles. The van der Waals surface area contributed by atoms with E-state index in [1.165, 1.54) is 30.4 Å². The number of pyridine rings is 1. The Bertz CT molecular complexity index is 829. The van der Waals surface area contributed by atoms with Crippen molar-refractivity contribution in [3.8, 4) is 0 Å². The van der Waals surface area contributed by atoms with Gasteiger partial charge in [0.1, 0.15) is 6.54 Å². The summed E-state index contributed by atoms with van der Waals surface area (Å²) in [6.07, 6.45) is 4.22. The van der Waals surface area contributed by atoms with E-state index in [-0.39, 0.29) is 25.1 Å². The third-order valence-corrected chi connectivity index (χ3v) is 4.55. The third kappa shape index (κ3) is 2.26. The van der Waals surface area contributed by atoms with Gasteiger partial charge in [-0.05, 0) is 48.1 Å². The van der Waals surface area contributed by atoms with Crippen molar-refractivity contribution in [3.63, 3.8) is 0 Å². The van der Waals surface area contributed by atoms with Gasteiger partial charge in [0.15, 0.2) is 0 Å². The lowest BCUT2D eigenvalue weighted by atomic mass is 10.1. The fourth-order valence-corrected chi connectivity index (χ4v) is 3.03. The minimum absolute atomic E-state index is 0.00533. The van der Waals surface area contributed by atoms with E-state index >= 15 is 0 Å². The Balaban J connectivity index is 1.87. The first-order valence-corrected chi connectivity index (χ1v) is 7.70. The molecule has 1 aromatic carbocycles. The van der Waals surface area contributed by atoms with Gasteiger partial charge in [0.05, 0.1) is 17.8 Å². The number of fused-ring (bicyclic) bond motifs is 1. The molecule has 23 heavy (non-hydrogen) atoms. The highest BCUT2D eigenvalue weighted by Crippen LogP contribution is 2.41. The van der Waals surface area contributed by atoms with Gasteiger partial charge in [-0.2, -0.15) is 0 Å². The van der Waals surface area contributed by atoms with Crippen LogP contribution in [0.25, 0.3) is 10.9 Å². The Morgan fingerprint density at radius 3 is 2.65 bits per heavy atom. The molecule has 6 nitrogen and oxygen atoms in total. The van der Waals surface area contributed by atoms with E-state index in [2.05, 4.69) is 11.1 Å². The Kier molecular flexibility index (Phi) is 3.09. The molecule has 6 heteroatoms. The molecule has 2 heterocycles. The van der Waals surface area contributed by atoms with Gasteiger partial charge in [0, 0.05) is 18.6 Å². The highest BCUT2D eigenvalue weighted by Gasteiger charge is 2.35. The maximum absolute atomic E-state index is 12.3. The van der Waals surface area contributed by atoms with E-state index in [0.717, 1.165) is 10.3 Å². The SMILES string of the molecule is CN1C(=O)CN(c2cc(CO)cc3cc(C4CC4)cnc23)C1=O. The molecule has 1 aliphatic carbocycles. The molecule has 1 N–H and O–H groups in total. The van der Waals surface area contributed by atoms with Crippen LogP contribution in [0.1, 0.15) is 29.9 Å². The number of aliphatic hydroxyl groups is 1. The number of aliphatic hydroxyl groups excluding tert-OH is 1. The van der Waals surface area contributed by atoms with Gasteiger partial charge in [0.2, 0.25) is 5.91 Å². The second kappa shape index (κ2) is 5.03. The minimum atomic E-state index is -0.362.